The molecule has 1 heterocycles. The molecular weight excluding hydrogens is 280 g/mol. The van der Waals surface area contributed by atoms with Gasteiger partial charge in [-0.3, -0.25) is 0 Å². The third-order valence-corrected chi connectivity index (χ3v) is 5.28. The lowest BCUT2D eigenvalue weighted by Crippen LogP contribution is -1.97. The highest BCUT2D eigenvalue weighted by Crippen LogP contribution is 2.40. The molecule has 0 saturated heterocycles. The molecule has 1 unspecified atom stereocenters. The van der Waals surface area contributed by atoms with Crippen LogP contribution in [-0.2, 0) is 0 Å². The summed E-state index contributed by atoms with van der Waals surface area (Å²) in [4.78, 5) is 1.41. The Morgan fingerprint density at radius 1 is 1.38 bits per heavy atom. The van der Waals surface area contributed by atoms with E-state index in [4.69, 9.17) is 0 Å². The van der Waals surface area contributed by atoms with E-state index < -0.39 is 0 Å². The van der Waals surface area contributed by atoms with Gasteiger partial charge in [-0.15, -0.1) is 11.8 Å². The monoisotopic (exact) mass is 292 g/mol. The van der Waals surface area contributed by atoms with Crippen molar-refractivity contribution < 1.29 is 0 Å². The van der Waals surface area contributed by atoms with Crippen molar-refractivity contribution in [2.24, 2.45) is 5.92 Å². The fourth-order valence-electron chi connectivity index (χ4n) is 1.60. The maximum absolute atomic E-state index is 3.65. The summed E-state index contributed by atoms with van der Waals surface area (Å²) < 4.78 is 1.35. The first-order chi connectivity index (χ1) is 7.77. The minimum absolute atomic E-state index is 0.584. The maximum atomic E-state index is 3.65. The Hall–Kier alpha value is -0.650. The van der Waals surface area contributed by atoms with Crippen LogP contribution in [0.1, 0.15) is 18.9 Å². The van der Waals surface area contributed by atoms with Crippen LogP contribution >= 0.6 is 27.7 Å². The SMILES string of the molecule is CC1=C(Br)C(CC#Cc2ccccc2)CS1. The van der Waals surface area contributed by atoms with E-state index >= 15 is 0 Å². The molecule has 1 aliphatic heterocycles. The standard InChI is InChI=1S/C14H13BrS/c1-11-14(15)13(10-16-11)9-5-8-12-6-3-2-4-7-12/h2-4,6-7,13H,9-10H2,1H3. The van der Waals surface area contributed by atoms with E-state index in [9.17, 15) is 0 Å². The second kappa shape index (κ2) is 5.61. The molecule has 1 aromatic carbocycles. The van der Waals surface area contributed by atoms with E-state index in [0.717, 1.165) is 17.7 Å². The van der Waals surface area contributed by atoms with Gasteiger partial charge in [0.05, 0.1) is 0 Å². The van der Waals surface area contributed by atoms with Gasteiger partial charge in [0.25, 0.3) is 0 Å². The van der Waals surface area contributed by atoms with Crippen LogP contribution in [0.3, 0.4) is 0 Å². The molecule has 0 aromatic heterocycles. The minimum atomic E-state index is 0.584. The lowest BCUT2D eigenvalue weighted by molar-refractivity contribution is 0.772. The molecule has 16 heavy (non-hydrogen) atoms. The summed E-state index contributed by atoms with van der Waals surface area (Å²) in [5.74, 6) is 8.22. The lowest BCUT2D eigenvalue weighted by Gasteiger charge is -2.03. The van der Waals surface area contributed by atoms with Crippen molar-refractivity contribution in [1.29, 1.82) is 0 Å². The highest BCUT2D eigenvalue weighted by atomic mass is 79.9. The summed E-state index contributed by atoms with van der Waals surface area (Å²) >= 11 is 5.57. The molecule has 0 N–H and O–H groups in total. The average Bonchev–Trinajstić information content (AvgIpc) is 2.62. The van der Waals surface area contributed by atoms with E-state index in [1.807, 2.05) is 42.1 Å². The van der Waals surface area contributed by atoms with Crippen LogP contribution in [0.2, 0.25) is 0 Å². The van der Waals surface area contributed by atoms with Crippen molar-refractivity contribution in [2.45, 2.75) is 13.3 Å². The minimum Gasteiger partial charge on any atom is -0.129 e. The molecule has 0 bridgehead atoms. The van der Waals surface area contributed by atoms with Gasteiger partial charge < -0.3 is 0 Å². The molecule has 0 amide bonds. The maximum Gasteiger partial charge on any atom is 0.0245 e. The summed E-state index contributed by atoms with van der Waals surface area (Å²) in [6.07, 6.45) is 0.944. The van der Waals surface area contributed by atoms with Crippen molar-refractivity contribution in [1.82, 2.24) is 0 Å². The Bertz CT molecular complexity index is 451. The van der Waals surface area contributed by atoms with Crippen LogP contribution in [0.4, 0.5) is 0 Å². The van der Waals surface area contributed by atoms with Gasteiger partial charge in [0, 0.05) is 28.1 Å². The Morgan fingerprint density at radius 3 is 2.75 bits per heavy atom. The number of halogens is 1. The van der Waals surface area contributed by atoms with Crippen LogP contribution in [0, 0.1) is 17.8 Å². The van der Waals surface area contributed by atoms with Crippen LogP contribution in [0.15, 0.2) is 39.7 Å². The lowest BCUT2D eigenvalue weighted by atomic mass is 10.1. The van der Waals surface area contributed by atoms with Crippen molar-refractivity contribution in [3.05, 3.63) is 45.3 Å². The zero-order chi connectivity index (χ0) is 11.4. The molecule has 1 atom stereocenters. The fourth-order valence-corrected chi connectivity index (χ4v) is 3.52. The largest absolute Gasteiger partial charge is 0.129 e. The highest BCUT2D eigenvalue weighted by Gasteiger charge is 2.20. The molecule has 0 spiro atoms. The number of hydrogen-bond acceptors (Lipinski definition) is 1. The van der Waals surface area contributed by atoms with Crippen LogP contribution in [-0.4, -0.2) is 5.75 Å². The second-order valence-corrected chi connectivity index (χ2v) is 5.87. The number of allylic oxidation sites excluding steroid dienone is 2. The van der Waals surface area contributed by atoms with Crippen LogP contribution < -0.4 is 0 Å². The van der Waals surface area contributed by atoms with E-state index in [2.05, 4.69) is 34.7 Å². The smallest absolute Gasteiger partial charge is 0.0245 e. The second-order valence-electron chi connectivity index (χ2n) is 3.78. The third-order valence-electron chi connectivity index (χ3n) is 2.55. The van der Waals surface area contributed by atoms with E-state index in [0.29, 0.717) is 5.92 Å². The van der Waals surface area contributed by atoms with E-state index in [1.54, 1.807) is 0 Å². The van der Waals surface area contributed by atoms with Crippen LogP contribution in [0.25, 0.3) is 0 Å². The Morgan fingerprint density at radius 2 is 2.12 bits per heavy atom. The van der Waals surface area contributed by atoms with Gasteiger partial charge in [-0.05, 0) is 24.0 Å². The van der Waals surface area contributed by atoms with Gasteiger partial charge in [0.15, 0.2) is 0 Å². The third kappa shape index (κ3) is 2.93. The molecule has 2 rings (SSSR count). The summed E-state index contributed by atoms with van der Waals surface area (Å²) in [6, 6.07) is 10.2. The zero-order valence-electron chi connectivity index (χ0n) is 9.16. The summed E-state index contributed by atoms with van der Waals surface area (Å²) in [5, 5.41) is 0. The first-order valence-corrected chi connectivity index (χ1v) is 7.08. The summed E-state index contributed by atoms with van der Waals surface area (Å²) in [5.41, 5.74) is 1.10. The molecule has 0 fully saturated rings. The van der Waals surface area contributed by atoms with E-state index in [-0.39, 0.29) is 0 Å². The summed E-state index contributed by atoms with van der Waals surface area (Å²) in [7, 11) is 0. The molecule has 0 nitrogen and oxygen atoms in total. The zero-order valence-corrected chi connectivity index (χ0v) is 11.6. The van der Waals surface area contributed by atoms with Gasteiger partial charge in [-0.2, -0.15) is 0 Å². The number of hydrogen-bond donors (Lipinski definition) is 0. The van der Waals surface area contributed by atoms with Gasteiger partial charge >= 0.3 is 0 Å². The number of thioether (sulfide) groups is 1. The average molecular weight is 293 g/mol. The van der Waals surface area contributed by atoms with Gasteiger partial charge in [0.1, 0.15) is 0 Å². The molecule has 0 aliphatic carbocycles. The molecule has 1 aliphatic rings. The highest BCUT2D eigenvalue weighted by molar-refractivity contribution is 9.11. The molecule has 0 saturated carbocycles. The number of benzene rings is 1. The molecule has 1 aromatic rings. The fraction of sp³-hybridized carbons (Fsp3) is 0.286. The normalized spacial score (nSPS) is 19.5. The van der Waals surface area contributed by atoms with Gasteiger partial charge in [0.2, 0.25) is 0 Å². The van der Waals surface area contributed by atoms with Crippen molar-refractivity contribution in [3.63, 3.8) is 0 Å². The van der Waals surface area contributed by atoms with Crippen molar-refractivity contribution in [3.8, 4) is 11.8 Å². The Kier molecular flexibility index (Phi) is 4.15. The predicted octanol–water partition coefficient (Wildman–Crippen LogP) is 4.42. The van der Waals surface area contributed by atoms with Gasteiger partial charge in [-0.1, -0.05) is 46.0 Å². The first-order valence-electron chi connectivity index (χ1n) is 5.30. The van der Waals surface area contributed by atoms with Gasteiger partial charge in [-0.25, -0.2) is 0 Å². The predicted molar refractivity (Wildman–Crippen MR) is 75.5 cm³/mol. The Balaban J connectivity index is 1.97. The van der Waals surface area contributed by atoms with Crippen molar-refractivity contribution >= 4 is 27.7 Å². The Labute approximate surface area is 110 Å². The first kappa shape index (κ1) is 11.8. The number of rotatable bonds is 1. The molecule has 0 radical (unpaired) electrons. The topological polar surface area (TPSA) is 0 Å². The van der Waals surface area contributed by atoms with Crippen LogP contribution in [0.5, 0.6) is 0 Å². The van der Waals surface area contributed by atoms with Crippen molar-refractivity contribution in [2.75, 3.05) is 5.75 Å². The molecule has 2 heteroatoms. The van der Waals surface area contributed by atoms with E-state index in [1.165, 1.54) is 9.39 Å². The molecule has 82 valence electrons. The summed E-state index contributed by atoms with van der Waals surface area (Å²) in [6.45, 7) is 2.17. The molecular formula is C14H13BrS. The quantitative estimate of drug-likeness (QED) is 0.691.